The van der Waals surface area contributed by atoms with E-state index >= 15 is 0 Å². The number of hydrogen-bond acceptors (Lipinski definition) is 6. The maximum atomic E-state index is 12.9. The minimum atomic E-state index is -0.427. The summed E-state index contributed by atoms with van der Waals surface area (Å²) in [6, 6.07) is 15.4. The number of imide groups is 1. The lowest BCUT2D eigenvalue weighted by Gasteiger charge is -2.14. The zero-order chi connectivity index (χ0) is 26.5. The standard InChI is InChI=1S/C26H19Cl4NO5S/c1-34-21-4-2-3-5-22(21)35-9-8-31-25(32)23(37-26(31)33)12-15-10-19(29)24(20(30)11-15)36-14-16-6-7-17(27)13-18(16)28/h2-7,10-13H,8-9,14H2,1H3/b23-12-. The van der Waals surface area contributed by atoms with Crippen LogP contribution in [0, 0.1) is 0 Å². The van der Waals surface area contributed by atoms with Crippen molar-refractivity contribution in [2.45, 2.75) is 6.61 Å². The van der Waals surface area contributed by atoms with E-state index in [0.29, 0.717) is 32.7 Å². The average Bonchev–Trinajstić information content (AvgIpc) is 3.12. The largest absolute Gasteiger partial charge is 0.493 e. The fourth-order valence-corrected chi connectivity index (χ4v) is 5.36. The van der Waals surface area contributed by atoms with E-state index in [2.05, 4.69) is 0 Å². The number of nitrogens with zero attached hydrogens (tertiary/aromatic N) is 1. The van der Waals surface area contributed by atoms with E-state index in [4.69, 9.17) is 60.6 Å². The molecule has 0 saturated carbocycles. The number of para-hydroxylation sites is 2. The summed E-state index contributed by atoms with van der Waals surface area (Å²) < 4.78 is 16.7. The van der Waals surface area contributed by atoms with Gasteiger partial charge < -0.3 is 14.2 Å². The highest BCUT2D eigenvalue weighted by Gasteiger charge is 2.35. The van der Waals surface area contributed by atoms with Gasteiger partial charge in [-0.3, -0.25) is 14.5 Å². The fraction of sp³-hybridized carbons (Fsp3) is 0.154. The van der Waals surface area contributed by atoms with Crippen LogP contribution >= 0.6 is 58.2 Å². The number of ether oxygens (including phenoxy) is 3. The number of benzene rings is 3. The van der Waals surface area contributed by atoms with Crippen LogP contribution < -0.4 is 14.2 Å². The number of halogens is 4. The molecule has 1 heterocycles. The molecule has 0 atom stereocenters. The second kappa shape index (κ2) is 12.3. The average molecular weight is 599 g/mol. The predicted octanol–water partition coefficient (Wildman–Crippen LogP) is 8.00. The first kappa shape index (κ1) is 27.5. The third kappa shape index (κ3) is 6.67. The minimum absolute atomic E-state index is 0.0849. The highest BCUT2D eigenvalue weighted by Crippen LogP contribution is 2.38. The lowest BCUT2D eigenvalue weighted by Crippen LogP contribution is -2.32. The Bertz CT molecular complexity index is 1360. The summed E-state index contributed by atoms with van der Waals surface area (Å²) in [5.41, 5.74) is 1.26. The summed E-state index contributed by atoms with van der Waals surface area (Å²) in [7, 11) is 1.54. The number of methoxy groups -OCH3 is 1. The molecule has 1 fully saturated rings. The molecule has 192 valence electrons. The molecule has 3 aromatic carbocycles. The van der Waals surface area contributed by atoms with Gasteiger partial charge in [-0.05, 0) is 59.8 Å². The molecule has 0 spiro atoms. The smallest absolute Gasteiger partial charge is 0.293 e. The Kier molecular flexibility index (Phi) is 9.16. The van der Waals surface area contributed by atoms with E-state index in [0.717, 1.165) is 16.7 Å². The topological polar surface area (TPSA) is 65.1 Å². The summed E-state index contributed by atoms with van der Waals surface area (Å²) in [6.07, 6.45) is 1.56. The summed E-state index contributed by atoms with van der Waals surface area (Å²) in [5, 5.41) is 1.07. The Balaban J connectivity index is 1.41. The summed E-state index contributed by atoms with van der Waals surface area (Å²) in [5.74, 6) is 0.933. The van der Waals surface area contributed by atoms with E-state index in [9.17, 15) is 9.59 Å². The molecule has 4 rings (SSSR count). The second-order valence-electron chi connectivity index (χ2n) is 7.67. The van der Waals surface area contributed by atoms with Gasteiger partial charge in [-0.1, -0.05) is 64.6 Å². The molecule has 0 aromatic heterocycles. The van der Waals surface area contributed by atoms with Crippen LogP contribution in [-0.2, 0) is 11.4 Å². The molecule has 11 heteroatoms. The molecule has 1 saturated heterocycles. The number of hydrogen-bond donors (Lipinski definition) is 0. The lowest BCUT2D eigenvalue weighted by molar-refractivity contribution is -0.123. The molecule has 0 unspecified atom stereocenters. The Labute approximate surface area is 238 Å². The van der Waals surface area contributed by atoms with Crippen LogP contribution in [0.15, 0.2) is 59.5 Å². The van der Waals surface area contributed by atoms with Crippen LogP contribution in [0.5, 0.6) is 17.2 Å². The molecule has 1 aliphatic heterocycles. The van der Waals surface area contributed by atoms with Gasteiger partial charge in [0.05, 0.1) is 28.6 Å². The first-order chi connectivity index (χ1) is 17.8. The van der Waals surface area contributed by atoms with Crippen molar-refractivity contribution in [3.8, 4) is 17.2 Å². The Morgan fingerprint density at radius 1 is 0.892 bits per heavy atom. The molecule has 0 N–H and O–H groups in total. The molecule has 1 aliphatic rings. The molecular formula is C26H19Cl4NO5S. The molecule has 0 bridgehead atoms. The van der Waals surface area contributed by atoms with Crippen molar-refractivity contribution in [2.24, 2.45) is 0 Å². The molecule has 0 aliphatic carbocycles. The third-order valence-electron chi connectivity index (χ3n) is 5.22. The normalized spacial score (nSPS) is 14.4. The lowest BCUT2D eigenvalue weighted by atomic mass is 10.2. The van der Waals surface area contributed by atoms with Gasteiger partial charge in [-0.2, -0.15) is 0 Å². The fourth-order valence-electron chi connectivity index (χ4n) is 3.42. The van der Waals surface area contributed by atoms with Crippen molar-refractivity contribution >= 4 is 75.4 Å². The van der Waals surface area contributed by atoms with Gasteiger partial charge in [0.25, 0.3) is 11.1 Å². The molecule has 2 amide bonds. The third-order valence-corrected chi connectivity index (χ3v) is 7.28. The van der Waals surface area contributed by atoms with E-state index < -0.39 is 11.1 Å². The zero-order valence-electron chi connectivity index (χ0n) is 19.3. The van der Waals surface area contributed by atoms with Crippen LogP contribution in [0.25, 0.3) is 6.08 Å². The van der Waals surface area contributed by atoms with Crippen LogP contribution in [0.3, 0.4) is 0 Å². The summed E-state index contributed by atoms with van der Waals surface area (Å²) >= 11 is 25.8. The zero-order valence-corrected chi connectivity index (χ0v) is 23.1. The van der Waals surface area contributed by atoms with Crippen molar-refractivity contribution < 1.29 is 23.8 Å². The number of carbonyl (C=O) groups excluding carboxylic acids is 2. The number of carbonyl (C=O) groups is 2. The quantitative estimate of drug-likeness (QED) is 0.232. The van der Waals surface area contributed by atoms with Gasteiger partial charge in [-0.15, -0.1) is 0 Å². The molecule has 0 radical (unpaired) electrons. The summed E-state index contributed by atoms with van der Waals surface area (Å²) in [6.45, 7) is 0.333. The number of thioether (sulfide) groups is 1. The predicted molar refractivity (Wildman–Crippen MR) is 148 cm³/mol. The molecule has 37 heavy (non-hydrogen) atoms. The maximum Gasteiger partial charge on any atom is 0.293 e. The van der Waals surface area contributed by atoms with Crippen LogP contribution in [0.1, 0.15) is 11.1 Å². The SMILES string of the molecule is COc1ccccc1OCCN1C(=O)S/C(=C\c2cc(Cl)c(OCc3ccc(Cl)cc3Cl)c(Cl)c2)C1=O. The van der Waals surface area contributed by atoms with Crippen molar-refractivity contribution in [3.63, 3.8) is 0 Å². The Morgan fingerprint density at radius 2 is 1.59 bits per heavy atom. The summed E-state index contributed by atoms with van der Waals surface area (Å²) in [4.78, 5) is 26.7. The van der Waals surface area contributed by atoms with Crippen molar-refractivity contribution in [3.05, 3.63) is 90.7 Å². The first-order valence-corrected chi connectivity index (χ1v) is 13.2. The number of rotatable bonds is 9. The highest BCUT2D eigenvalue weighted by atomic mass is 35.5. The number of amides is 2. The van der Waals surface area contributed by atoms with Gasteiger partial charge in [0.1, 0.15) is 13.2 Å². The van der Waals surface area contributed by atoms with Crippen molar-refractivity contribution in [1.29, 1.82) is 0 Å². The van der Waals surface area contributed by atoms with Crippen LogP contribution in [-0.4, -0.2) is 36.3 Å². The van der Waals surface area contributed by atoms with Gasteiger partial charge in [0, 0.05) is 15.6 Å². The monoisotopic (exact) mass is 597 g/mol. The minimum Gasteiger partial charge on any atom is -0.493 e. The van der Waals surface area contributed by atoms with Gasteiger partial charge in [-0.25, -0.2) is 0 Å². The van der Waals surface area contributed by atoms with E-state index in [1.54, 1.807) is 54.6 Å². The molecular weight excluding hydrogens is 580 g/mol. The van der Waals surface area contributed by atoms with Crippen LogP contribution in [0.4, 0.5) is 4.79 Å². The van der Waals surface area contributed by atoms with Crippen molar-refractivity contribution in [2.75, 3.05) is 20.3 Å². The van der Waals surface area contributed by atoms with E-state index in [-0.39, 0.29) is 40.5 Å². The van der Waals surface area contributed by atoms with E-state index in [1.165, 1.54) is 7.11 Å². The van der Waals surface area contributed by atoms with Crippen LogP contribution in [0.2, 0.25) is 20.1 Å². The Hall–Kier alpha value is -2.55. The van der Waals surface area contributed by atoms with Gasteiger partial charge in [0.15, 0.2) is 17.2 Å². The maximum absolute atomic E-state index is 12.9. The second-order valence-corrected chi connectivity index (χ2v) is 10.3. The van der Waals surface area contributed by atoms with Gasteiger partial charge >= 0.3 is 0 Å². The molecule has 6 nitrogen and oxygen atoms in total. The highest BCUT2D eigenvalue weighted by molar-refractivity contribution is 8.18. The Morgan fingerprint density at radius 3 is 2.27 bits per heavy atom. The first-order valence-electron chi connectivity index (χ1n) is 10.8. The van der Waals surface area contributed by atoms with Gasteiger partial charge in [0.2, 0.25) is 0 Å². The molecule has 3 aromatic rings. The van der Waals surface area contributed by atoms with E-state index in [1.807, 2.05) is 6.07 Å². The van der Waals surface area contributed by atoms with Crippen molar-refractivity contribution in [1.82, 2.24) is 4.90 Å².